The van der Waals surface area contributed by atoms with Gasteiger partial charge in [0.2, 0.25) is 5.91 Å². The lowest BCUT2D eigenvalue weighted by Gasteiger charge is -2.24. The fraction of sp³-hybridized carbons (Fsp3) is 0.250. The van der Waals surface area contributed by atoms with Gasteiger partial charge in [-0.05, 0) is 80.9 Å². The maximum atomic E-state index is 12.9. The van der Waals surface area contributed by atoms with Crippen LogP contribution in [0.3, 0.4) is 0 Å². The number of nitrogens with zero attached hydrogens (tertiary/aromatic N) is 3. The molecule has 2 aromatic carbocycles. The Morgan fingerprint density at radius 1 is 1.00 bits per heavy atom. The van der Waals surface area contributed by atoms with E-state index in [4.69, 9.17) is 0 Å². The molecule has 0 aliphatic carbocycles. The summed E-state index contributed by atoms with van der Waals surface area (Å²) in [4.78, 5) is 37.3. The number of amides is 2. The summed E-state index contributed by atoms with van der Waals surface area (Å²) < 4.78 is 0. The molecule has 2 heterocycles. The number of anilines is 1. The van der Waals surface area contributed by atoms with Crippen molar-refractivity contribution in [2.24, 2.45) is 0 Å². The number of hydrogen-bond acceptors (Lipinski definition) is 5. The Labute approximate surface area is 186 Å². The highest BCUT2D eigenvalue weighted by Crippen LogP contribution is 2.27. The summed E-state index contributed by atoms with van der Waals surface area (Å²) in [7, 11) is 0. The summed E-state index contributed by atoms with van der Waals surface area (Å²) >= 11 is 1.48. The molecule has 1 fully saturated rings. The predicted molar refractivity (Wildman–Crippen MR) is 121 cm³/mol. The van der Waals surface area contributed by atoms with E-state index in [2.05, 4.69) is 15.3 Å². The van der Waals surface area contributed by atoms with Crippen LogP contribution in [-0.4, -0.2) is 39.3 Å². The molecule has 3 aromatic rings. The average molecular weight is 433 g/mol. The first-order valence-electron chi connectivity index (χ1n) is 10.3. The zero-order valence-electron chi connectivity index (χ0n) is 17.5. The van der Waals surface area contributed by atoms with Crippen LogP contribution in [0.5, 0.6) is 0 Å². The largest absolute Gasteiger partial charge is 0.327 e. The Bertz CT molecular complexity index is 1070. The van der Waals surface area contributed by atoms with E-state index in [1.807, 2.05) is 62.4 Å². The van der Waals surface area contributed by atoms with Crippen molar-refractivity contribution in [3.63, 3.8) is 0 Å². The maximum absolute atomic E-state index is 12.9. The fourth-order valence-electron chi connectivity index (χ4n) is 3.71. The molecular weight excluding hydrogens is 408 g/mol. The summed E-state index contributed by atoms with van der Waals surface area (Å²) in [5.74, 6) is -0.252. The van der Waals surface area contributed by atoms with Gasteiger partial charge >= 0.3 is 0 Å². The monoisotopic (exact) mass is 432 g/mol. The summed E-state index contributed by atoms with van der Waals surface area (Å²) in [6.07, 6.45) is 1.49. The fourth-order valence-corrected chi connectivity index (χ4v) is 4.57. The number of aryl methyl sites for hydroxylation is 2. The van der Waals surface area contributed by atoms with Crippen LogP contribution in [0, 0.1) is 13.8 Å². The molecule has 1 aliphatic rings. The molecule has 1 saturated heterocycles. The van der Waals surface area contributed by atoms with E-state index < -0.39 is 6.04 Å². The first kappa shape index (κ1) is 21.1. The van der Waals surface area contributed by atoms with Crippen LogP contribution in [0.4, 0.5) is 5.69 Å². The van der Waals surface area contributed by atoms with Crippen molar-refractivity contribution in [3.05, 3.63) is 77.6 Å². The van der Waals surface area contributed by atoms with Crippen LogP contribution in [0.1, 0.15) is 34.6 Å². The highest BCUT2D eigenvalue weighted by atomic mass is 32.2. The zero-order chi connectivity index (χ0) is 21.8. The van der Waals surface area contributed by atoms with Gasteiger partial charge in [-0.1, -0.05) is 18.2 Å². The smallest absolute Gasteiger partial charge is 0.254 e. The van der Waals surface area contributed by atoms with Gasteiger partial charge < -0.3 is 10.2 Å². The second-order valence-electron chi connectivity index (χ2n) is 7.57. The summed E-state index contributed by atoms with van der Waals surface area (Å²) in [6.45, 7) is 4.50. The summed E-state index contributed by atoms with van der Waals surface area (Å²) in [5.41, 5.74) is 3.18. The Hall–Kier alpha value is -3.19. The van der Waals surface area contributed by atoms with Gasteiger partial charge in [-0.2, -0.15) is 0 Å². The number of rotatable bonds is 5. The zero-order valence-corrected chi connectivity index (χ0v) is 18.4. The van der Waals surface area contributed by atoms with Crippen molar-refractivity contribution in [2.45, 2.75) is 42.8 Å². The minimum absolute atomic E-state index is 0.0987. The lowest BCUT2D eigenvalue weighted by Crippen LogP contribution is -2.43. The molecule has 6 nitrogen and oxygen atoms in total. The van der Waals surface area contributed by atoms with Gasteiger partial charge in [-0.25, -0.2) is 9.97 Å². The molecule has 0 unspecified atom stereocenters. The van der Waals surface area contributed by atoms with Gasteiger partial charge in [0, 0.05) is 34.1 Å². The maximum Gasteiger partial charge on any atom is 0.254 e. The Morgan fingerprint density at radius 3 is 2.35 bits per heavy atom. The Morgan fingerprint density at radius 2 is 1.68 bits per heavy atom. The molecule has 31 heavy (non-hydrogen) atoms. The van der Waals surface area contributed by atoms with E-state index in [-0.39, 0.29) is 11.8 Å². The van der Waals surface area contributed by atoms with Crippen molar-refractivity contribution in [1.29, 1.82) is 0 Å². The molecule has 1 aromatic heterocycles. The van der Waals surface area contributed by atoms with E-state index in [0.717, 1.165) is 22.7 Å². The molecule has 2 amide bonds. The second kappa shape index (κ2) is 9.31. The van der Waals surface area contributed by atoms with Gasteiger partial charge in [-0.3, -0.25) is 9.59 Å². The minimum atomic E-state index is -0.453. The SMILES string of the molecule is Cc1cc(C)nc(Sc2ccc(NC(=O)[C@H]3CCCN3C(=O)c3ccccc3)cc2)n1. The van der Waals surface area contributed by atoms with Gasteiger partial charge in [0.25, 0.3) is 5.91 Å². The van der Waals surface area contributed by atoms with Crippen LogP contribution < -0.4 is 5.32 Å². The number of carbonyl (C=O) groups is 2. The van der Waals surface area contributed by atoms with Crippen LogP contribution in [0.15, 0.2) is 70.7 Å². The summed E-state index contributed by atoms with van der Waals surface area (Å²) in [6, 6.07) is 18.2. The number of likely N-dealkylation sites (tertiary alicyclic amines) is 1. The Balaban J connectivity index is 1.40. The molecule has 7 heteroatoms. The molecule has 0 radical (unpaired) electrons. The highest BCUT2D eigenvalue weighted by Gasteiger charge is 2.34. The number of carbonyl (C=O) groups excluding carboxylic acids is 2. The molecule has 158 valence electrons. The predicted octanol–water partition coefficient (Wildman–Crippen LogP) is 4.49. The van der Waals surface area contributed by atoms with Crippen molar-refractivity contribution in [1.82, 2.24) is 14.9 Å². The normalized spacial score (nSPS) is 15.7. The molecule has 1 N–H and O–H groups in total. The Kier molecular flexibility index (Phi) is 6.32. The number of hydrogen-bond donors (Lipinski definition) is 1. The molecule has 0 bridgehead atoms. The van der Waals surface area contributed by atoms with E-state index in [1.165, 1.54) is 11.8 Å². The first-order chi connectivity index (χ1) is 15.0. The number of benzene rings is 2. The van der Waals surface area contributed by atoms with E-state index in [1.54, 1.807) is 17.0 Å². The molecule has 1 aliphatic heterocycles. The minimum Gasteiger partial charge on any atom is -0.327 e. The third kappa shape index (κ3) is 5.11. The van der Waals surface area contributed by atoms with Crippen LogP contribution in [0.2, 0.25) is 0 Å². The van der Waals surface area contributed by atoms with Gasteiger partial charge in [-0.15, -0.1) is 0 Å². The van der Waals surface area contributed by atoms with Crippen molar-refractivity contribution in [2.75, 3.05) is 11.9 Å². The average Bonchev–Trinajstić information content (AvgIpc) is 3.25. The second-order valence-corrected chi connectivity index (χ2v) is 8.61. The van der Waals surface area contributed by atoms with E-state index in [0.29, 0.717) is 29.4 Å². The van der Waals surface area contributed by atoms with Crippen molar-refractivity contribution in [3.8, 4) is 0 Å². The van der Waals surface area contributed by atoms with Gasteiger partial charge in [0.05, 0.1) is 0 Å². The topological polar surface area (TPSA) is 75.2 Å². The van der Waals surface area contributed by atoms with Crippen molar-refractivity contribution < 1.29 is 9.59 Å². The summed E-state index contributed by atoms with van der Waals surface area (Å²) in [5, 5.41) is 3.66. The van der Waals surface area contributed by atoms with Crippen LogP contribution >= 0.6 is 11.8 Å². The van der Waals surface area contributed by atoms with E-state index >= 15 is 0 Å². The molecule has 4 rings (SSSR count). The molecule has 0 spiro atoms. The third-order valence-corrected chi connectivity index (χ3v) is 6.00. The quantitative estimate of drug-likeness (QED) is 0.602. The standard InChI is InChI=1S/C24H24N4O2S/c1-16-15-17(2)26-24(25-16)31-20-12-10-19(11-13-20)27-22(29)21-9-6-14-28(21)23(30)18-7-4-3-5-8-18/h3-5,7-8,10-13,15,21H,6,9,14H2,1-2H3,(H,27,29)/t21-/m1/s1. The van der Waals surface area contributed by atoms with Crippen LogP contribution in [0.25, 0.3) is 0 Å². The molecular formula is C24H24N4O2S. The number of nitrogens with one attached hydrogen (secondary N) is 1. The van der Waals surface area contributed by atoms with E-state index in [9.17, 15) is 9.59 Å². The number of aromatic nitrogens is 2. The van der Waals surface area contributed by atoms with Gasteiger partial charge in [0.1, 0.15) is 6.04 Å². The lowest BCUT2D eigenvalue weighted by atomic mass is 10.1. The first-order valence-corrected chi connectivity index (χ1v) is 11.1. The van der Waals surface area contributed by atoms with Crippen LogP contribution in [-0.2, 0) is 4.79 Å². The molecule has 0 saturated carbocycles. The third-order valence-electron chi connectivity index (χ3n) is 5.13. The highest BCUT2D eigenvalue weighted by molar-refractivity contribution is 7.99. The van der Waals surface area contributed by atoms with Crippen molar-refractivity contribution >= 4 is 29.3 Å². The lowest BCUT2D eigenvalue weighted by molar-refractivity contribution is -0.119. The molecule has 1 atom stereocenters. The van der Waals surface area contributed by atoms with Gasteiger partial charge in [0.15, 0.2) is 5.16 Å².